The highest BCUT2D eigenvalue weighted by molar-refractivity contribution is 5.94. The van der Waals surface area contributed by atoms with Crippen LogP contribution in [-0.2, 0) is 0 Å². The number of aromatic nitrogens is 7. The molecule has 8 heteroatoms. The third kappa shape index (κ3) is 2.93. The average molecular weight is 407 g/mol. The van der Waals surface area contributed by atoms with E-state index in [1.165, 1.54) is 12.1 Å². The van der Waals surface area contributed by atoms with Crippen LogP contribution in [0.4, 0.5) is 4.39 Å². The molecule has 7 nitrogen and oxygen atoms in total. The Labute approximate surface area is 175 Å². The number of nitrogens with one attached hydrogen (secondary N) is 2. The van der Waals surface area contributed by atoms with E-state index in [0.717, 1.165) is 28.0 Å². The van der Waals surface area contributed by atoms with E-state index < -0.39 is 0 Å². The lowest BCUT2D eigenvalue weighted by Gasteiger charge is -2.01. The summed E-state index contributed by atoms with van der Waals surface area (Å²) in [7, 11) is 0. The maximum absolute atomic E-state index is 13.8. The number of halogens is 1. The minimum absolute atomic E-state index is 0.303. The van der Waals surface area contributed by atoms with Gasteiger partial charge in [-0.05, 0) is 48.0 Å². The highest BCUT2D eigenvalue weighted by Crippen LogP contribution is 2.31. The number of hydrogen-bond acceptors (Lipinski definition) is 5. The SMILES string of the molecule is Fc1cccc(-c2ccnc3[nH]c(-c4n[nH]c5ccc(-c6ccccn6)nc45)nc23)c1. The Morgan fingerprint density at radius 3 is 2.61 bits per heavy atom. The second kappa shape index (κ2) is 6.81. The van der Waals surface area contributed by atoms with Crippen LogP contribution in [0.5, 0.6) is 0 Å². The van der Waals surface area contributed by atoms with Gasteiger partial charge in [-0.25, -0.2) is 19.3 Å². The van der Waals surface area contributed by atoms with Crippen LogP contribution in [0, 0.1) is 5.82 Å². The van der Waals surface area contributed by atoms with Crippen molar-refractivity contribution in [1.29, 1.82) is 0 Å². The van der Waals surface area contributed by atoms with Gasteiger partial charge in [0.1, 0.15) is 16.9 Å². The van der Waals surface area contributed by atoms with Gasteiger partial charge in [0.15, 0.2) is 17.2 Å². The van der Waals surface area contributed by atoms with Crippen molar-refractivity contribution in [2.75, 3.05) is 0 Å². The Bertz CT molecular complexity index is 1550. The molecule has 0 unspecified atom stereocenters. The fraction of sp³-hybridized carbons (Fsp3) is 0. The molecule has 0 saturated heterocycles. The Morgan fingerprint density at radius 2 is 1.74 bits per heavy atom. The van der Waals surface area contributed by atoms with Gasteiger partial charge in [-0.3, -0.25) is 10.1 Å². The molecule has 6 aromatic rings. The molecule has 2 N–H and O–H groups in total. The summed E-state index contributed by atoms with van der Waals surface area (Å²) < 4.78 is 13.8. The van der Waals surface area contributed by atoms with Gasteiger partial charge in [0.25, 0.3) is 0 Å². The Kier molecular flexibility index (Phi) is 3.82. The fourth-order valence-electron chi connectivity index (χ4n) is 3.63. The van der Waals surface area contributed by atoms with Crippen LogP contribution in [0.15, 0.2) is 73.1 Å². The summed E-state index contributed by atoms with van der Waals surface area (Å²) in [4.78, 5) is 21.5. The predicted octanol–water partition coefficient (Wildman–Crippen LogP) is 4.76. The number of aromatic amines is 2. The van der Waals surface area contributed by atoms with Crippen LogP contribution in [0.3, 0.4) is 0 Å². The summed E-state index contributed by atoms with van der Waals surface area (Å²) in [5.41, 5.74) is 6.30. The first kappa shape index (κ1) is 17.4. The Balaban J connectivity index is 1.52. The van der Waals surface area contributed by atoms with E-state index in [1.54, 1.807) is 18.5 Å². The summed E-state index contributed by atoms with van der Waals surface area (Å²) in [6, 6.07) is 17.7. The fourth-order valence-corrected chi connectivity index (χ4v) is 3.63. The van der Waals surface area contributed by atoms with Crippen molar-refractivity contribution in [3.8, 4) is 34.0 Å². The Morgan fingerprint density at radius 1 is 0.774 bits per heavy atom. The summed E-state index contributed by atoms with van der Waals surface area (Å²) >= 11 is 0. The molecule has 6 rings (SSSR count). The van der Waals surface area contributed by atoms with Crippen molar-refractivity contribution in [2.24, 2.45) is 0 Å². The molecule has 5 heterocycles. The smallest absolute Gasteiger partial charge is 0.162 e. The molecule has 0 aliphatic carbocycles. The molecule has 0 aliphatic heterocycles. The molecule has 0 bridgehead atoms. The van der Waals surface area contributed by atoms with Gasteiger partial charge in [-0.2, -0.15) is 5.10 Å². The van der Waals surface area contributed by atoms with Crippen LogP contribution < -0.4 is 0 Å². The van der Waals surface area contributed by atoms with E-state index in [4.69, 9.17) is 9.97 Å². The zero-order valence-corrected chi connectivity index (χ0v) is 16.0. The lowest BCUT2D eigenvalue weighted by molar-refractivity contribution is 0.628. The number of H-pyrrole nitrogens is 2. The first-order valence-corrected chi connectivity index (χ1v) is 9.64. The van der Waals surface area contributed by atoms with Crippen molar-refractivity contribution in [3.05, 3.63) is 78.9 Å². The molecule has 0 amide bonds. The van der Waals surface area contributed by atoms with Gasteiger partial charge < -0.3 is 4.98 Å². The molecule has 0 radical (unpaired) electrons. The number of hydrogen-bond donors (Lipinski definition) is 2. The molecule has 148 valence electrons. The summed E-state index contributed by atoms with van der Waals surface area (Å²) in [6.07, 6.45) is 3.40. The van der Waals surface area contributed by atoms with Crippen molar-refractivity contribution in [2.45, 2.75) is 0 Å². The third-order valence-corrected chi connectivity index (χ3v) is 5.08. The molecular weight excluding hydrogens is 393 g/mol. The second-order valence-electron chi connectivity index (χ2n) is 7.03. The van der Waals surface area contributed by atoms with Crippen molar-refractivity contribution >= 4 is 22.2 Å². The highest BCUT2D eigenvalue weighted by Gasteiger charge is 2.17. The van der Waals surface area contributed by atoms with Gasteiger partial charge in [-0.15, -0.1) is 0 Å². The third-order valence-electron chi connectivity index (χ3n) is 5.08. The average Bonchev–Trinajstić information content (AvgIpc) is 3.43. The van der Waals surface area contributed by atoms with Crippen molar-refractivity contribution < 1.29 is 4.39 Å². The number of nitrogens with zero attached hydrogens (tertiary/aromatic N) is 5. The molecule has 0 fully saturated rings. The van der Waals surface area contributed by atoms with E-state index in [-0.39, 0.29) is 5.82 Å². The van der Waals surface area contributed by atoms with Gasteiger partial charge >= 0.3 is 0 Å². The van der Waals surface area contributed by atoms with Crippen LogP contribution >= 0.6 is 0 Å². The number of pyridine rings is 3. The molecule has 31 heavy (non-hydrogen) atoms. The molecule has 0 aliphatic rings. The summed E-state index contributed by atoms with van der Waals surface area (Å²) in [5, 5.41) is 7.42. The topological polar surface area (TPSA) is 96.0 Å². The van der Waals surface area contributed by atoms with E-state index in [9.17, 15) is 4.39 Å². The van der Waals surface area contributed by atoms with Crippen molar-refractivity contribution in [3.63, 3.8) is 0 Å². The quantitative estimate of drug-likeness (QED) is 0.441. The monoisotopic (exact) mass is 407 g/mol. The van der Waals surface area contributed by atoms with Gasteiger partial charge in [-0.1, -0.05) is 18.2 Å². The maximum Gasteiger partial charge on any atom is 0.162 e. The van der Waals surface area contributed by atoms with Crippen LogP contribution in [0.25, 0.3) is 56.2 Å². The standard InChI is InChI=1S/C23H14FN7/c24-14-5-3-4-13(12-14)15-9-11-26-22-19(15)28-23(29-22)21-20-18(30-31-21)8-7-17(27-20)16-6-1-2-10-25-16/h1-12H,(H,30,31)(H,26,28,29). The van der Waals surface area contributed by atoms with E-state index in [0.29, 0.717) is 28.2 Å². The molecule has 5 aromatic heterocycles. The van der Waals surface area contributed by atoms with Gasteiger partial charge in [0.05, 0.1) is 16.9 Å². The number of fused-ring (bicyclic) bond motifs is 2. The maximum atomic E-state index is 13.8. The van der Waals surface area contributed by atoms with E-state index >= 15 is 0 Å². The molecule has 0 spiro atoms. The first-order valence-electron chi connectivity index (χ1n) is 9.64. The number of rotatable bonds is 3. The van der Waals surface area contributed by atoms with E-state index in [2.05, 4.69) is 25.1 Å². The zero-order valence-electron chi connectivity index (χ0n) is 16.0. The van der Waals surface area contributed by atoms with Crippen molar-refractivity contribution in [1.82, 2.24) is 35.1 Å². The largest absolute Gasteiger partial charge is 0.321 e. The molecule has 0 saturated carbocycles. The van der Waals surface area contributed by atoms with Crippen LogP contribution in [0.2, 0.25) is 0 Å². The minimum atomic E-state index is -0.303. The van der Waals surface area contributed by atoms with Gasteiger partial charge in [0, 0.05) is 18.0 Å². The summed E-state index contributed by atoms with van der Waals surface area (Å²) in [6.45, 7) is 0. The normalized spacial score (nSPS) is 11.4. The van der Waals surface area contributed by atoms with E-state index in [1.807, 2.05) is 42.5 Å². The molecule has 0 atom stereocenters. The Hall–Kier alpha value is -4.46. The summed E-state index contributed by atoms with van der Waals surface area (Å²) in [5.74, 6) is 0.228. The highest BCUT2D eigenvalue weighted by atomic mass is 19.1. The second-order valence-corrected chi connectivity index (χ2v) is 7.03. The lowest BCUT2D eigenvalue weighted by atomic mass is 10.1. The lowest BCUT2D eigenvalue weighted by Crippen LogP contribution is -1.88. The van der Waals surface area contributed by atoms with Gasteiger partial charge in [0.2, 0.25) is 0 Å². The molecule has 1 aromatic carbocycles. The number of benzene rings is 1. The van der Waals surface area contributed by atoms with Crippen LogP contribution in [-0.4, -0.2) is 35.1 Å². The zero-order chi connectivity index (χ0) is 20.8. The molecular formula is C23H14FN7. The van der Waals surface area contributed by atoms with Crippen LogP contribution in [0.1, 0.15) is 0 Å². The minimum Gasteiger partial charge on any atom is -0.321 e. The predicted molar refractivity (Wildman–Crippen MR) is 115 cm³/mol. The number of imidazole rings is 1. The first-order chi connectivity index (χ1) is 15.3.